The number of alkyl halides is 1. The number of amides is 1. The second-order valence-corrected chi connectivity index (χ2v) is 4.92. The summed E-state index contributed by atoms with van der Waals surface area (Å²) in [6, 6.07) is 13.2. The van der Waals surface area contributed by atoms with E-state index in [-0.39, 0.29) is 5.91 Å². The molecule has 20 heavy (non-hydrogen) atoms. The molecule has 1 aromatic carbocycles. The number of likely N-dealkylation sites (N-methyl/N-ethyl adjacent to an activating group) is 1. The lowest BCUT2D eigenvalue weighted by atomic mass is 10.1. The summed E-state index contributed by atoms with van der Waals surface area (Å²) in [5, 5.41) is -0.641. The fourth-order valence-electron chi connectivity index (χ4n) is 1.98. The van der Waals surface area contributed by atoms with Crippen molar-refractivity contribution in [1.82, 2.24) is 9.88 Å². The van der Waals surface area contributed by atoms with Gasteiger partial charge in [-0.15, -0.1) is 11.6 Å². The van der Waals surface area contributed by atoms with Gasteiger partial charge in [0.25, 0.3) is 0 Å². The minimum atomic E-state index is -0.641. The van der Waals surface area contributed by atoms with Gasteiger partial charge in [-0.3, -0.25) is 9.78 Å². The van der Waals surface area contributed by atoms with Gasteiger partial charge in [0, 0.05) is 25.5 Å². The number of hydrogen-bond acceptors (Lipinski definition) is 2. The van der Waals surface area contributed by atoms with Crippen molar-refractivity contribution in [3.05, 3.63) is 66.0 Å². The smallest absolute Gasteiger partial charge is 0.245 e. The first-order valence-electron chi connectivity index (χ1n) is 6.59. The third kappa shape index (κ3) is 3.58. The Balaban J connectivity index is 2.09. The number of carbonyl (C=O) groups excluding carboxylic acids is 1. The lowest BCUT2D eigenvalue weighted by Crippen LogP contribution is -2.32. The predicted octanol–water partition coefficient (Wildman–Crippen LogP) is 3.41. The highest BCUT2D eigenvalue weighted by Gasteiger charge is 2.22. The molecule has 0 saturated carbocycles. The van der Waals surface area contributed by atoms with Crippen LogP contribution in [0.4, 0.5) is 0 Å². The number of nitrogens with zero attached hydrogens (tertiary/aromatic N) is 2. The molecule has 0 fully saturated rings. The summed E-state index contributed by atoms with van der Waals surface area (Å²) in [7, 11) is 0. The van der Waals surface area contributed by atoms with Crippen LogP contribution >= 0.6 is 11.6 Å². The molecule has 1 aromatic heterocycles. The van der Waals surface area contributed by atoms with Crippen LogP contribution in [-0.2, 0) is 11.3 Å². The summed E-state index contributed by atoms with van der Waals surface area (Å²) in [5.74, 6) is -0.0721. The standard InChI is InChI=1S/C16H17ClN2O/c1-2-19(12-13-8-10-18-11-9-13)16(20)15(17)14-6-4-3-5-7-14/h3-11,15H,2,12H2,1H3. The molecule has 104 valence electrons. The van der Waals surface area contributed by atoms with Gasteiger partial charge < -0.3 is 4.90 Å². The highest BCUT2D eigenvalue weighted by atomic mass is 35.5. The number of hydrogen-bond donors (Lipinski definition) is 0. The normalized spacial score (nSPS) is 11.9. The quantitative estimate of drug-likeness (QED) is 0.790. The van der Waals surface area contributed by atoms with Gasteiger partial charge in [-0.1, -0.05) is 30.3 Å². The molecule has 0 aliphatic heterocycles. The van der Waals surface area contributed by atoms with E-state index in [1.165, 1.54) is 0 Å². The lowest BCUT2D eigenvalue weighted by molar-refractivity contribution is -0.131. The third-order valence-corrected chi connectivity index (χ3v) is 3.56. The molecule has 0 N–H and O–H groups in total. The Bertz CT molecular complexity index is 545. The Morgan fingerprint density at radius 3 is 2.45 bits per heavy atom. The summed E-state index contributed by atoms with van der Waals surface area (Å²) >= 11 is 6.29. The number of pyridine rings is 1. The maximum atomic E-state index is 12.5. The summed E-state index contributed by atoms with van der Waals surface area (Å²) in [6.07, 6.45) is 3.45. The van der Waals surface area contributed by atoms with E-state index in [1.54, 1.807) is 17.3 Å². The fourth-order valence-corrected chi connectivity index (χ4v) is 2.26. The largest absolute Gasteiger partial charge is 0.337 e. The second-order valence-electron chi connectivity index (χ2n) is 4.48. The molecule has 1 heterocycles. The van der Waals surface area contributed by atoms with Gasteiger partial charge in [0.2, 0.25) is 5.91 Å². The molecular weight excluding hydrogens is 272 g/mol. The zero-order valence-corrected chi connectivity index (χ0v) is 12.1. The average Bonchev–Trinajstić information content (AvgIpc) is 2.53. The van der Waals surface area contributed by atoms with Crippen molar-refractivity contribution in [2.24, 2.45) is 0 Å². The molecule has 1 amide bonds. The Hall–Kier alpha value is -1.87. The first kappa shape index (κ1) is 14.5. The number of halogens is 1. The molecule has 3 nitrogen and oxygen atoms in total. The minimum absolute atomic E-state index is 0.0721. The SMILES string of the molecule is CCN(Cc1ccncc1)C(=O)C(Cl)c1ccccc1. The highest BCUT2D eigenvalue weighted by Crippen LogP contribution is 2.23. The first-order valence-corrected chi connectivity index (χ1v) is 7.02. The van der Waals surface area contributed by atoms with E-state index in [0.717, 1.165) is 11.1 Å². The summed E-state index contributed by atoms with van der Waals surface area (Å²) in [5.41, 5.74) is 1.87. The van der Waals surface area contributed by atoms with Crippen LogP contribution in [0.3, 0.4) is 0 Å². The van der Waals surface area contributed by atoms with Crippen molar-refractivity contribution in [3.63, 3.8) is 0 Å². The first-order chi connectivity index (χ1) is 9.72. The molecule has 1 atom stereocenters. The number of benzene rings is 1. The maximum Gasteiger partial charge on any atom is 0.245 e. The molecule has 0 spiro atoms. The minimum Gasteiger partial charge on any atom is -0.337 e. The van der Waals surface area contributed by atoms with Crippen molar-refractivity contribution in [2.75, 3.05) is 6.54 Å². The number of aromatic nitrogens is 1. The highest BCUT2D eigenvalue weighted by molar-refractivity contribution is 6.30. The summed E-state index contributed by atoms with van der Waals surface area (Å²) in [4.78, 5) is 18.2. The molecule has 0 saturated heterocycles. The van der Waals surface area contributed by atoms with E-state index < -0.39 is 5.38 Å². The maximum absolute atomic E-state index is 12.5. The van der Waals surface area contributed by atoms with Crippen molar-refractivity contribution in [2.45, 2.75) is 18.8 Å². The number of rotatable bonds is 5. The Morgan fingerprint density at radius 1 is 1.20 bits per heavy atom. The molecule has 2 aromatic rings. The van der Waals surface area contributed by atoms with Gasteiger partial charge in [0.15, 0.2) is 0 Å². The van der Waals surface area contributed by atoms with E-state index in [1.807, 2.05) is 49.4 Å². The summed E-state index contributed by atoms with van der Waals surface area (Å²) in [6.45, 7) is 3.12. The van der Waals surface area contributed by atoms with Gasteiger partial charge >= 0.3 is 0 Å². The van der Waals surface area contributed by atoms with Crippen molar-refractivity contribution >= 4 is 17.5 Å². The van der Waals surface area contributed by atoms with Crippen molar-refractivity contribution in [1.29, 1.82) is 0 Å². The zero-order chi connectivity index (χ0) is 14.4. The molecule has 4 heteroatoms. The van der Waals surface area contributed by atoms with Crippen LogP contribution in [0.1, 0.15) is 23.4 Å². The Kier molecular flexibility index (Phi) is 5.13. The molecule has 0 aliphatic rings. The monoisotopic (exact) mass is 288 g/mol. The van der Waals surface area contributed by atoms with Crippen LogP contribution in [0.2, 0.25) is 0 Å². The van der Waals surface area contributed by atoms with Crippen LogP contribution in [0, 0.1) is 0 Å². The van der Waals surface area contributed by atoms with Crippen molar-refractivity contribution in [3.8, 4) is 0 Å². The number of carbonyl (C=O) groups is 1. The topological polar surface area (TPSA) is 33.2 Å². The van der Waals surface area contributed by atoms with E-state index >= 15 is 0 Å². The Labute approximate surface area is 124 Å². The van der Waals surface area contributed by atoms with Crippen LogP contribution in [0.15, 0.2) is 54.9 Å². The predicted molar refractivity (Wildman–Crippen MR) is 80.4 cm³/mol. The van der Waals surface area contributed by atoms with E-state index in [9.17, 15) is 4.79 Å². The molecule has 1 unspecified atom stereocenters. The second kappa shape index (κ2) is 7.06. The molecule has 0 bridgehead atoms. The van der Waals surface area contributed by atoms with E-state index in [0.29, 0.717) is 13.1 Å². The fraction of sp³-hybridized carbons (Fsp3) is 0.250. The van der Waals surface area contributed by atoms with Crippen LogP contribution < -0.4 is 0 Å². The van der Waals surface area contributed by atoms with Crippen LogP contribution in [-0.4, -0.2) is 22.3 Å². The average molecular weight is 289 g/mol. The van der Waals surface area contributed by atoms with Gasteiger partial charge in [-0.25, -0.2) is 0 Å². The van der Waals surface area contributed by atoms with Crippen LogP contribution in [0.5, 0.6) is 0 Å². The van der Waals surface area contributed by atoms with Crippen molar-refractivity contribution < 1.29 is 4.79 Å². The van der Waals surface area contributed by atoms with Gasteiger partial charge in [-0.2, -0.15) is 0 Å². The lowest BCUT2D eigenvalue weighted by Gasteiger charge is -2.23. The Morgan fingerprint density at radius 2 is 1.85 bits per heavy atom. The molecule has 0 aliphatic carbocycles. The van der Waals surface area contributed by atoms with E-state index in [2.05, 4.69) is 4.98 Å². The van der Waals surface area contributed by atoms with Gasteiger partial charge in [0.05, 0.1) is 0 Å². The van der Waals surface area contributed by atoms with Crippen LogP contribution in [0.25, 0.3) is 0 Å². The molecule has 2 rings (SSSR count). The molecule has 0 radical (unpaired) electrons. The van der Waals surface area contributed by atoms with Gasteiger partial charge in [0.1, 0.15) is 5.38 Å². The zero-order valence-electron chi connectivity index (χ0n) is 11.4. The van der Waals surface area contributed by atoms with Gasteiger partial charge in [-0.05, 0) is 30.2 Å². The molecular formula is C16H17ClN2O. The summed E-state index contributed by atoms with van der Waals surface area (Å²) < 4.78 is 0. The van der Waals surface area contributed by atoms with E-state index in [4.69, 9.17) is 11.6 Å². The third-order valence-electron chi connectivity index (χ3n) is 3.13.